The van der Waals surface area contributed by atoms with E-state index >= 15 is 0 Å². The Balaban J connectivity index is 2.13. The third kappa shape index (κ3) is 3.32. The topological polar surface area (TPSA) is 52.6 Å². The molecule has 2 heterocycles. The minimum Gasteiger partial charge on any atom is -0.341 e. The Hall–Kier alpha value is -2.11. The summed E-state index contributed by atoms with van der Waals surface area (Å²) in [5.41, 5.74) is 0.741. The van der Waals surface area contributed by atoms with Crippen molar-refractivity contribution in [1.29, 1.82) is 0 Å². The van der Waals surface area contributed by atoms with Crippen LogP contribution < -0.4 is 9.80 Å². The van der Waals surface area contributed by atoms with E-state index in [0.717, 1.165) is 18.8 Å². The average Bonchev–Trinajstić information content (AvgIpc) is 3.05. The third-order valence-corrected chi connectivity index (χ3v) is 3.62. The van der Waals surface area contributed by atoms with Crippen LogP contribution in [0.4, 0.5) is 16.4 Å². The van der Waals surface area contributed by atoms with E-state index in [1.54, 1.807) is 22.2 Å². The molecule has 2 rings (SSSR count). The van der Waals surface area contributed by atoms with Crippen LogP contribution >= 0.6 is 0 Å². The fraction of sp³-hybridized carbons (Fsp3) is 0.533. The van der Waals surface area contributed by atoms with Crippen LogP contribution in [-0.2, 0) is 0 Å². The first-order chi connectivity index (χ1) is 10.2. The van der Waals surface area contributed by atoms with Crippen molar-refractivity contribution in [2.75, 3.05) is 42.5 Å². The van der Waals surface area contributed by atoms with Crippen LogP contribution in [0, 0.1) is 0 Å². The molecule has 0 spiro atoms. The van der Waals surface area contributed by atoms with Gasteiger partial charge in [0.15, 0.2) is 0 Å². The molecule has 0 radical (unpaired) electrons. The number of carbonyl (C=O) groups excluding carboxylic acids is 1. The number of hydrogen-bond acceptors (Lipinski definition) is 4. The van der Waals surface area contributed by atoms with Gasteiger partial charge in [-0.25, -0.2) is 14.8 Å². The van der Waals surface area contributed by atoms with Gasteiger partial charge in [-0.2, -0.15) is 0 Å². The smallest absolute Gasteiger partial charge is 0.325 e. The molecule has 0 saturated carbocycles. The number of aromatic nitrogens is 2. The van der Waals surface area contributed by atoms with Gasteiger partial charge in [0, 0.05) is 32.7 Å². The second kappa shape index (κ2) is 7.06. The van der Waals surface area contributed by atoms with Gasteiger partial charge in [-0.15, -0.1) is 0 Å². The Kier molecular flexibility index (Phi) is 5.14. The molecule has 0 bridgehead atoms. The van der Waals surface area contributed by atoms with Crippen molar-refractivity contribution in [3.8, 4) is 0 Å². The molecule has 1 aromatic heterocycles. The highest BCUT2D eigenvalue weighted by Crippen LogP contribution is 2.17. The zero-order chi connectivity index (χ0) is 15.2. The molecule has 6 heteroatoms. The summed E-state index contributed by atoms with van der Waals surface area (Å²) in [7, 11) is 0. The lowest BCUT2D eigenvalue weighted by atomic mass is 10.4. The third-order valence-electron chi connectivity index (χ3n) is 3.62. The predicted octanol–water partition coefficient (Wildman–Crippen LogP) is 2.14. The van der Waals surface area contributed by atoms with Gasteiger partial charge in [0.1, 0.15) is 0 Å². The molecule has 6 nitrogen and oxygen atoms in total. The van der Waals surface area contributed by atoms with Crippen molar-refractivity contribution < 1.29 is 4.79 Å². The van der Waals surface area contributed by atoms with Crippen LogP contribution in [-0.4, -0.2) is 53.6 Å². The maximum Gasteiger partial charge on any atom is 0.325 e. The second-order valence-corrected chi connectivity index (χ2v) is 4.82. The van der Waals surface area contributed by atoms with Crippen LogP contribution in [0.25, 0.3) is 0 Å². The lowest BCUT2D eigenvalue weighted by Crippen LogP contribution is -2.42. The molecule has 1 aliphatic heterocycles. The van der Waals surface area contributed by atoms with Crippen molar-refractivity contribution in [1.82, 2.24) is 14.9 Å². The minimum atomic E-state index is 0.00156. The van der Waals surface area contributed by atoms with E-state index in [0.29, 0.717) is 25.6 Å². The van der Waals surface area contributed by atoms with Crippen LogP contribution in [0.2, 0.25) is 0 Å². The molecule has 0 aliphatic carbocycles. The Bertz CT molecular complexity index is 487. The van der Waals surface area contributed by atoms with Crippen molar-refractivity contribution in [3.63, 3.8) is 0 Å². The quantitative estimate of drug-likeness (QED) is 0.779. The monoisotopic (exact) mass is 289 g/mol. The summed E-state index contributed by atoms with van der Waals surface area (Å²) in [5, 5.41) is 0. The normalized spacial score (nSPS) is 13.6. The number of rotatable bonds is 5. The number of urea groups is 1. The molecular weight excluding hydrogens is 266 g/mol. The van der Waals surface area contributed by atoms with E-state index in [-0.39, 0.29) is 6.03 Å². The molecule has 1 aliphatic rings. The zero-order valence-corrected chi connectivity index (χ0v) is 13.0. The van der Waals surface area contributed by atoms with E-state index in [9.17, 15) is 4.79 Å². The van der Waals surface area contributed by atoms with Gasteiger partial charge in [0.25, 0.3) is 0 Å². The van der Waals surface area contributed by atoms with Gasteiger partial charge >= 0.3 is 6.03 Å². The Morgan fingerprint density at radius 3 is 2.14 bits per heavy atom. The van der Waals surface area contributed by atoms with E-state index in [2.05, 4.69) is 28.7 Å². The number of amides is 2. The average molecular weight is 289 g/mol. The van der Waals surface area contributed by atoms with E-state index in [1.165, 1.54) is 0 Å². The summed E-state index contributed by atoms with van der Waals surface area (Å²) in [4.78, 5) is 26.8. The van der Waals surface area contributed by atoms with Crippen LogP contribution in [0.5, 0.6) is 0 Å². The summed E-state index contributed by atoms with van der Waals surface area (Å²) in [6.07, 6.45) is 7.47. The van der Waals surface area contributed by atoms with Crippen molar-refractivity contribution in [2.24, 2.45) is 0 Å². The Morgan fingerprint density at radius 2 is 1.67 bits per heavy atom. The SMILES string of the molecule is CCN(CC)c1ncc(N(CC)C(=O)N2CC=CC2)cn1. The summed E-state index contributed by atoms with van der Waals surface area (Å²) in [6, 6.07) is 0.00156. The van der Waals surface area contributed by atoms with Gasteiger partial charge in [0.2, 0.25) is 5.95 Å². The summed E-state index contributed by atoms with van der Waals surface area (Å²) < 4.78 is 0. The first-order valence-electron chi connectivity index (χ1n) is 7.49. The molecule has 1 aromatic rings. The number of nitrogens with zero attached hydrogens (tertiary/aromatic N) is 5. The molecule has 0 N–H and O–H groups in total. The highest BCUT2D eigenvalue weighted by molar-refractivity contribution is 5.92. The number of hydrogen-bond donors (Lipinski definition) is 0. The molecular formula is C15H23N5O. The van der Waals surface area contributed by atoms with Gasteiger partial charge in [-0.3, -0.25) is 4.90 Å². The summed E-state index contributed by atoms with van der Waals surface area (Å²) in [6.45, 7) is 9.79. The van der Waals surface area contributed by atoms with Crippen molar-refractivity contribution in [3.05, 3.63) is 24.5 Å². The molecule has 0 unspecified atom stereocenters. The van der Waals surface area contributed by atoms with Gasteiger partial charge in [-0.05, 0) is 20.8 Å². The molecule has 21 heavy (non-hydrogen) atoms. The maximum absolute atomic E-state index is 12.5. The summed E-state index contributed by atoms with van der Waals surface area (Å²) in [5.74, 6) is 0.704. The van der Waals surface area contributed by atoms with E-state index < -0.39 is 0 Å². The first-order valence-corrected chi connectivity index (χ1v) is 7.49. The molecule has 0 atom stereocenters. The molecule has 114 valence electrons. The van der Waals surface area contributed by atoms with Crippen molar-refractivity contribution in [2.45, 2.75) is 20.8 Å². The standard InChI is InChI=1S/C15H23N5O/c1-4-18(5-2)14-16-11-13(12-17-14)20(6-3)15(21)19-9-7-8-10-19/h7-8,11-12H,4-6,9-10H2,1-3H3. The summed E-state index contributed by atoms with van der Waals surface area (Å²) >= 11 is 0. The van der Waals surface area contributed by atoms with Crippen molar-refractivity contribution >= 4 is 17.7 Å². The molecule has 2 amide bonds. The van der Waals surface area contributed by atoms with E-state index in [4.69, 9.17) is 0 Å². The second-order valence-electron chi connectivity index (χ2n) is 4.82. The van der Waals surface area contributed by atoms with Crippen LogP contribution in [0.1, 0.15) is 20.8 Å². The first kappa shape index (κ1) is 15.3. The highest BCUT2D eigenvalue weighted by atomic mass is 16.2. The zero-order valence-electron chi connectivity index (χ0n) is 13.0. The fourth-order valence-electron chi connectivity index (χ4n) is 2.36. The van der Waals surface area contributed by atoms with Gasteiger partial charge < -0.3 is 9.80 Å². The Morgan fingerprint density at radius 1 is 1.10 bits per heavy atom. The lowest BCUT2D eigenvalue weighted by molar-refractivity contribution is 0.217. The highest BCUT2D eigenvalue weighted by Gasteiger charge is 2.22. The number of anilines is 2. The molecule has 0 fully saturated rings. The van der Waals surface area contributed by atoms with Crippen LogP contribution in [0.3, 0.4) is 0 Å². The molecule has 0 saturated heterocycles. The van der Waals surface area contributed by atoms with E-state index in [1.807, 2.05) is 19.1 Å². The molecule has 0 aromatic carbocycles. The minimum absolute atomic E-state index is 0.00156. The fourth-order valence-corrected chi connectivity index (χ4v) is 2.36. The predicted molar refractivity (Wildman–Crippen MR) is 84.7 cm³/mol. The maximum atomic E-state index is 12.5. The van der Waals surface area contributed by atoms with Gasteiger partial charge in [0.05, 0.1) is 18.1 Å². The lowest BCUT2D eigenvalue weighted by Gasteiger charge is -2.27. The largest absolute Gasteiger partial charge is 0.341 e. The van der Waals surface area contributed by atoms with Gasteiger partial charge in [-0.1, -0.05) is 12.2 Å². The van der Waals surface area contributed by atoms with Crippen LogP contribution in [0.15, 0.2) is 24.5 Å². The number of carbonyl (C=O) groups is 1. The Labute approximate surface area is 126 Å².